The highest BCUT2D eigenvalue weighted by molar-refractivity contribution is 7.88. The summed E-state index contributed by atoms with van der Waals surface area (Å²) in [5.74, 6) is 0.482. The molecule has 10 heteroatoms. The number of rotatable bonds is 4. The number of halogens is 1. The number of piperidine rings is 1. The number of aromatic nitrogens is 4. The summed E-state index contributed by atoms with van der Waals surface area (Å²) in [6.45, 7) is 0.999. The summed E-state index contributed by atoms with van der Waals surface area (Å²) in [4.78, 5) is 8.70. The zero-order valence-corrected chi connectivity index (χ0v) is 15.0. The van der Waals surface area contributed by atoms with Gasteiger partial charge in [0.15, 0.2) is 0 Å². The number of nitrogens with zero attached hydrogens (tertiary/aromatic N) is 5. The van der Waals surface area contributed by atoms with Crippen LogP contribution in [-0.2, 0) is 17.1 Å². The van der Waals surface area contributed by atoms with Gasteiger partial charge in [-0.05, 0) is 12.8 Å². The van der Waals surface area contributed by atoms with E-state index in [1.165, 1.54) is 10.6 Å². The first kappa shape index (κ1) is 17.1. The standard InChI is InChI=1S/C14H19ClN6O2S/c1-20-9-10(7-17-20)13-12(15)8-16-14(19-13)18-11-3-5-21(6-4-11)24(2,22)23/h7-9,11H,3-6H2,1-2H3,(H,16,18,19). The molecule has 0 aliphatic carbocycles. The maximum Gasteiger partial charge on any atom is 0.223 e. The fraction of sp³-hybridized carbons (Fsp3) is 0.500. The molecule has 2 aromatic rings. The fourth-order valence-corrected chi connectivity index (χ4v) is 3.77. The Kier molecular flexibility index (Phi) is 4.75. The highest BCUT2D eigenvalue weighted by atomic mass is 35.5. The third-order valence-corrected chi connectivity index (χ3v) is 5.56. The first-order chi connectivity index (χ1) is 11.3. The van der Waals surface area contributed by atoms with Gasteiger partial charge >= 0.3 is 0 Å². The van der Waals surface area contributed by atoms with E-state index in [0.29, 0.717) is 42.6 Å². The molecular formula is C14H19ClN6O2S. The highest BCUT2D eigenvalue weighted by Crippen LogP contribution is 2.26. The van der Waals surface area contributed by atoms with E-state index in [1.807, 2.05) is 13.2 Å². The lowest BCUT2D eigenvalue weighted by Crippen LogP contribution is -2.42. The Balaban J connectivity index is 1.71. The van der Waals surface area contributed by atoms with Crippen LogP contribution in [0.1, 0.15) is 12.8 Å². The van der Waals surface area contributed by atoms with Crippen molar-refractivity contribution in [3.63, 3.8) is 0 Å². The number of nitrogens with one attached hydrogen (secondary N) is 1. The molecule has 8 nitrogen and oxygen atoms in total. The van der Waals surface area contributed by atoms with Crippen molar-refractivity contribution in [1.82, 2.24) is 24.1 Å². The molecule has 130 valence electrons. The summed E-state index contributed by atoms with van der Waals surface area (Å²) in [6, 6.07) is 0.130. The average molecular weight is 371 g/mol. The average Bonchev–Trinajstić information content (AvgIpc) is 2.95. The van der Waals surface area contributed by atoms with Gasteiger partial charge in [0.25, 0.3) is 0 Å². The van der Waals surface area contributed by atoms with Crippen molar-refractivity contribution in [1.29, 1.82) is 0 Å². The zero-order chi connectivity index (χ0) is 17.3. The van der Waals surface area contributed by atoms with Gasteiger partial charge in [0.2, 0.25) is 16.0 Å². The minimum absolute atomic E-state index is 0.130. The van der Waals surface area contributed by atoms with Gasteiger partial charge in [-0.15, -0.1) is 0 Å². The van der Waals surface area contributed by atoms with Gasteiger partial charge in [-0.1, -0.05) is 11.6 Å². The van der Waals surface area contributed by atoms with E-state index in [0.717, 1.165) is 5.56 Å². The second-order valence-corrected chi connectivity index (χ2v) is 8.26. The van der Waals surface area contributed by atoms with Crippen LogP contribution in [0.15, 0.2) is 18.6 Å². The summed E-state index contributed by atoms with van der Waals surface area (Å²) < 4.78 is 26.3. The molecule has 3 rings (SSSR count). The molecule has 1 saturated heterocycles. The summed E-state index contributed by atoms with van der Waals surface area (Å²) in [5.41, 5.74) is 1.44. The molecule has 24 heavy (non-hydrogen) atoms. The van der Waals surface area contributed by atoms with E-state index in [2.05, 4.69) is 20.4 Å². The minimum atomic E-state index is -3.12. The van der Waals surface area contributed by atoms with Crippen molar-refractivity contribution >= 4 is 27.6 Å². The van der Waals surface area contributed by atoms with Crippen LogP contribution in [0, 0.1) is 0 Å². The van der Waals surface area contributed by atoms with Gasteiger partial charge in [-0.2, -0.15) is 5.10 Å². The van der Waals surface area contributed by atoms with Crippen LogP contribution in [-0.4, -0.2) is 57.9 Å². The molecule has 0 radical (unpaired) electrons. The molecule has 0 aromatic carbocycles. The molecule has 2 aromatic heterocycles. The molecule has 0 amide bonds. The van der Waals surface area contributed by atoms with E-state index in [1.54, 1.807) is 17.1 Å². The number of anilines is 1. The molecule has 0 spiro atoms. The summed E-state index contributed by atoms with van der Waals surface area (Å²) >= 11 is 6.19. The predicted molar refractivity (Wildman–Crippen MR) is 92.3 cm³/mol. The second kappa shape index (κ2) is 6.66. The van der Waals surface area contributed by atoms with Gasteiger partial charge in [0.1, 0.15) is 0 Å². The maximum atomic E-state index is 11.6. The molecule has 3 heterocycles. The lowest BCUT2D eigenvalue weighted by atomic mass is 10.1. The molecule has 0 unspecified atom stereocenters. The molecule has 0 saturated carbocycles. The Morgan fingerprint density at radius 2 is 2.00 bits per heavy atom. The van der Waals surface area contributed by atoms with Gasteiger partial charge in [-0.25, -0.2) is 22.7 Å². The van der Waals surface area contributed by atoms with Gasteiger partial charge in [0, 0.05) is 37.9 Å². The van der Waals surface area contributed by atoms with Crippen molar-refractivity contribution in [2.75, 3.05) is 24.7 Å². The lowest BCUT2D eigenvalue weighted by Gasteiger charge is -2.30. The second-order valence-electron chi connectivity index (χ2n) is 5.87. The van der Waals surface area contributed by atoms with Crippen LogP contribution in [0.2, 0.25) is 5.02 Å². The summed E-state index contributed by atoms with van der Waals surface area (Å²) in [6.07, 6.45) is 7.75. The third kappa shape index (κ3) is 3.85. The van der Waals surface area contributed by atoms with E-state index in [-0.39, 0.29) is 6.04 Å². The van der Waals surface area contributed by atoms with Crippen molar-refractivity contribution < 1.29 is 8.42 Å². The van der Waals surface area contributed by atoms with E-state index in [9.17, 15) is 8.42 Å². The number of sulfonamides is 1. The molecule has 1 aliphatic rings. The molecular weight excluding hydrogens is 352 g/mol. The topological polar surface area (TPSA) is 93.0 Å². The van der Waals surface area contributed by atoms with E-state index < -0.39 is 10.0 Å². The van der Waals surface area contributed by atoms with Crippen LogP contribution in [0.3, 0.4) is 0 Å². The van der Waals surface area contributed by atoms with Crippen LogP contribution < -0.4 is 5.32 Å². The molecule has 0 atom stereocenters. The van der Waals surface area contributed by atoms with Crippen LogP contribution in [0.4, 0.5) is 5.95 Å². The van der Waals surface area contributed by atoms with Gasteiger partial charge in [0.05, 0.1) is 29.4 Å². The van der Waals surface area contributed by atoms with E-state index in [4.69, 9.17) is 11.6 Å². The normalized spacial score (nSPS) is 17.1. The van der Waals surface area contributed by atoms with Crippen LogP contribution in [0.5, 0.6) is 0 Å². The largest absolute Gasteiger partial charge is 0.351 e. The molecule has 1 fully saturated rings. The molecule has 1 N–H and O–H groups in total. The van der Waals surface area contributed by atoms with Crippen LogP contribution in [0.25, 0.3) is 11.3 Å². The summed E-state index contributed by atoms with van der Waals surface area (Å²) in [5, 5.41) is 7.85. The Morgan fingerprint density at radius 3 is 2.58 bits per heavy atom. The van der Waals surface area contributed by atoms with Crippen LogP contribution >= 0.6 is 11.6 Å². The monoisotopic (exact) mass is 370 g/mol. The van der Waals surface area contributed by atoms with Crippen molar-refractivity contribution in [2.45, 2.75) is 18.9 Å². The maximum absolute atomic E-state index is 11.6. The quantitative estimate of drug-likeness (QED) is 0.873. The Labute approximate surface area is 145 Å². The molecule has 0 bridgehead atoms. The van der Waals surface area contributed by atoms with E-state index >= 15 is 0 Å². The van der Waals surface area contributed by atoms with Crippen molar-refractivity contribution in [3.05, 3.63) is 23.6 Å². The number of hydrogen-bond acceptors (Lipinski definition) is 6. The Hall–Kier alpha value is -1.71. The van der Waals surface area contributed by atoms with Crippen molar-refractivity contribution in [3.8, 4) is 11.3 Å². The fourth-order valence-electron chi connectivity index (χ4n) is 2.70. The zero-order valence-electron chi connectivity index (χ0n) is 13.5. The Bertz CT molecular complexity index is 830. The van der Waals surface area contributed by atoms with Gasteiger partial charge in [-0.3, -0.25) is 4.68 Å². The highest BCUT2D eigenvalue weighted by Gasteiger charge is 2.25. The SMILES string of the molecule is Cn1cc(-c2nc(NC3CCN(S(C)(=O)=O)CC3)ncc2Cl)cn1. The Morgan fingerprint density at radius 1 is 1.29 bits per heavy atom. The van der Waals surface area contributed by atoms with Crippen molar-refractivity contribution in [2.24, 2.45) is 7.05 Å². The minimum Gasteiger partial charge on any atom is -0.351 e. The smallest absolute Gasteiger partial charge is 0.223 e. The number of hydrogen-bond donors (Lipinski definition) is 1. The number of aryl methyl sites for hydroxylation is 1. The first-order valence-electron chi connectivity index (χ1n) is 7.56. The summed E-state index contributed by atoms with van der Waals surface area (Å²) in [7, 11) is -1.29. The molecule has 1 aliphatic heterocycles. The third-order valence-electron chi connectivity index (χ3n) is 3.98. The predicted octanol–water partition coefficient (Wildman–Crippen LogP) is 1.37. The lowest BCUT2D eigenvalue weighted by molar-refractivity contribution is 0.331. The van der Waals surface area contributed by atoms with Gasteiger partial charge < -0.3 is 5.32 Å². The first-order valence-corrected chi connectivity index (χ1v) is 9.79.